The molecule has 7 nitrogen and oxygen atoms in total. The number of nitrogens with one attached hydrogen (secondary N) is 1. The van der Waals surface area contributed by atoms with Crippen LogP contribution in [0.25, 0.3) is 0 Å². The number of hydrogen-bond donors (Lipinski definition) is 1. The van der Waals surface area contributed by atoms with Crippen LogP contribution in [0.1, 0.15) is 51.9 Å². The molecule has 0 aromatic heterocycles. The van der Waals surface area contributed by atoms with Gasteiger partial charge >= 0.3 is 6.03 Å². The van der Waals surface area contributed by atoms with Crippen molar-refractivity contribution < 1.29 is 19.1 Å². The van der Waals surface area contributed by atoms with E-state index >= 15 is 0 Å². The van der Waals surface area contributed by atoms with Crippen molar-refractivity contribution in [1.29, 1.82) is 0 Å². The molecular formula is C17H27N3O4. The highest BCUT2D eigenvalue weighted by Gasteiger charge is 2.51. The van der Waals surface area contributed by atoms with Gasteiger partial charge in [0.1, 0.15) is 12.1 Å². The van der Waals surface area contributed by atoms with Crippen molar-refractivity contribution in [2.24, 2.45) is 0 Å². The average Bonchev–Trinajstić information content (AvgIpc) is 2.80. The Labute approximate surface area is 142 Å². The molecule has 0 bridgehead atoms. The minimum Gasteiger partial charge on any atom is -0.377 e. The fourth-order valence-electron chi connectivity index (χ4n) is 4.09. The first-order valence-electron chi connectivity index (χ1n) is 9.09. The highest BCUT2D eigenvalue weighted by atomic mass is 16.5. The molecule has 1 unspecified atom stereocenters. The average molecular weight is 337 g/mol. The van der Waals surface area contributed by atoms with E-state index in [9.17, 15) is 14.4 Å². The number of likely N-dealkylation sites (tertiary alicyclic amines) is 1. The largest absolute Gasteiger partial charge is 0.377 e. The van der Waals surface area contributed by atoms with Gasteiger partial charge in [-0.15, -0.1) is 0 Å². The molecule has 1 atom stereocenters. The zero-order chi connectivity index (χ0) is 17.2. The topological polar surface area (TPSA) is 79.0 Å². The summed E-state index contributed by atoms with van der Waals surface area (Å²) in [4.78, 5) is 40.4. The summed E-state index contributed by atoms with van der Waals surface area (Å²) in [5, 5.41) is 2.85. The maximum absolute atomic E-state index is 12.7. The Morgan fingerprint density at radius 1 is 1.25 bits per heavy atom. The Hall–Kier alpha value is -1.63. The molecule has 3 rings (SSSR count). The van der Waals surface area contributed by atoms with Crippen LogP contribution < -0.4 is 5.32 Å². The Morgan fingerprint density at radius 3 is 2.71 bits per heavy atom. The van der Waals surface area contributed by atoms with E-state index in [-0.39, 0.29) is 24.5 Å². The lowest BCUT2D eigenvalue weighted by molar-refractivity contribution is -0.141. The lowest BCUT2D eigenvalue weighted by Crippen LogP contribution is -2.50. The standard InChI is InChI=1S/C17H27N3O4/c1-2-24-13-7-6-10-19(11-13)14(21)12-20-15(22)17(18-16(20)23)8-4-3-5-9-17/h13H,2-12H2,1H3,(H,18,23). The van der Waals surface area contributed by atoms with Crippen LogP contribution >= 0.6 is 0 Å². The third kappa shape index (κ3) is 3.27. The first kappa shape index (κ1) is 17.2. The van der Waals surface area contributed by atoms with Crippen molar-refractivity contribution in [3.05, 3.63) is 0 Å². The Morgan fingerprint density at radius 2 is 2.00 bits per heavy atom. The van der Waals surface area contributed by atoms with Crippen molar-refractivity contribution in [3.8, 4) is 0 Å². The maximum atomic E-state index is 12.7. The predicted octanol–water partition coefficient (Wildman–Crippen LogP) is 1.27. The minimum atomic E-state index is -0.759. The highest BCUT2D eigenvalue weighted by Crippen LogP contribution is 2.33. The van der Waals surface area contributed by atoms with Crippen LogP contribution in [-0.4, -0.2) is 65.5 Å². The van der Waals surface area contributed by atoms with Gasteiger partial charge in [-0.1, -0.05) is 19.3 Å². The van der Waals surface area contributed by atoms with E-state index in [1.165, 1.54) is 0 Å². The molecule has 134 valence electrons. The van der Waals surface area contributed by atoms with E-state index in [1.54, 1.807) is 4.90 Å². The van der Waals surface area contributed by atoms with E-state index in [1.807, 2.05) is 6.92 Å². The van der Waals surface area contributed by atoms with E-state index in [4.69, 9.17) is 4.74 Å². The SMILES string of the molecule is CCOC1CCCN(C(=O)CN2C(=O)NC3(CCCCC3)C2=O)C1. The van der Waals surface area contributed by atoms with Gasteiger partial charge in [0.05, 0.1) is 6.10 Å². The quantitative estimate of drug-likeness (QED) is 0.784. The van der Waals surface area contributed by atoms with Gasteiger partial charge in [-0.3, -0.25) is 14.5 Å². The molecule has 0 radical (unpaired) electrons. The van der Waals surface area contributed by atoms with E-state index in [0.717, 1.165) is 37.0 Å². The molecule has 0 aromatic carbocycles. The van der Waals surface area contributed by atoms with E-state index < -0.39 is 11.6 Å². The molecule has 1 N–H and O–H groups in total. The third-order valence-electron chi connectivity index (χ3n) is 5.38. The van der Waals surface area contributed by atoms with Gasteiger partial charge in [0.25, 0.3) is 5.91 Å². The Bertz CT molecular complexity index is 514. The number of rotatable bonds is 4. The smallest absolute Gasteiger partial charge is 0.325 e. The number of urea groups is 1. The van der Waals surface area contributed by atoms with Gasteiger partial charge in [-0.25, -0.2) is 4.79 Å². The van der Waals surface area contributed by atoms with Gasteiger partial charge in [0.15, 0.2) is 0 Å². The van der Waals surface area contributed by atoms with Gasteiger partial charge in [0, 0.05) is 19.7 Å². The molecule has 2 aliphatic heterocycles. The van der Waals surface area contributed by atoms with Gasteiger partial charge in [-0.2, -0.15) is 0 Å². The van der Waals surface area contributed by atoms with Gasteiger partial charge in [0.2, 0.25) is 5.91 Å². The molecule has 1 aliphatic carbocycles. The Kier molecular flexibility index (Phi) is 5.08. The second-order valence-electron chi connectivity index (χ2n) is 7.02. The molecule has 2 saturated heterocycles. The van der Waals surface area contributed by atoms with Crippen LogP contribution in [0, 0.1) is 0 Å². The maximum Gasteiger partial charge on any atom is 0.325 e. The zero-order valence-electron chi connectivity index (χ0n) is 14.4. The molecule has 4 amide bonds. The molecule has 24 heavy (non-hydrogen) atoms. The van der Waals surface area contributed by atoms with Crippen LogP contribution in [0.4, 0.5) is 4.79 Å². The normalized spacial score (nSPS) is 26.8. The van der Waals surface area contributed by atoms with Crippen molar-refractivity contribution in [1.82, 2.24) is 15.1 Å². The fraction of sp³-hybridized carbons (Fsp3) is 0.824. The highest BCUT2D eigenvalue weighted by molar-refractivity contribution is 6.09. The van der Waals surface area contributed by atoms with Crippen LogP contribution in [-0.2, 0) is 14.3 Å². The van der Waals surface area contributed by atoms with Crippen molar-refractivity contribution in [2.75, 3.05) is 26.2 Å². The third-order valence-corrected chi connectivity index (χ3v) is 5.38. The zero-order valence-corrected chi connectivity index (χ0v) is 14.4. The van der Waals surface area contributed by atoms with Crippen LogP contribution in [0.15, 0.2) is 0 Å². The number of nitrogens with zero attached hydrogens (tertiary/aromatic N) is 2. The number of amides is 4. The summed E-state index contributed by atoms with van der Waals surface area (Å²) < 4.78 is 5.61. The molecule has 3 fully saturated rings. The van der Waals surface area contributed by atoms with Crippen LogP contribution in [0.3, 0.4) is 0 Å². The second-order valence-corrected chi connectivity index (χ2v) is 7.02. The number of imide groups is 1. The number of carbonyl (C=O) groups excluding carboxylic acids is 3. The predicted molar refractivity (Wildman–Crippen MR) is 87.3 cm³/mol. The lowest BCUT2D eigenvalue weighted by atomic mass is 9.82. The molecule has 0 aromatic rings. The van der Waals surface area contributed by atoms with Crippen LogP contribution in [0.5, 0.6) is 0 Å². The number of ether oxygens (including phenoxy) is 1. The van der Waals surface area contributed by atoms with Crippen LogP contribution in [0.2, 0.25) is 0 Å². The second kappa shape index (κ2) is 7.09. The molecule has 1 spiro atoms. The number of piperidine rings is 1. The van der Waals surface area contributed by atoms with E-state index in [2.05, 4.69) is 5.32 Å². The van der Waals surface area contributed by atoms with Gasteiger partial charge < -0.3 is 15.0 Å². The summed E-state index contributed by atoms with van der Waals surface area (Å²) in [7, 11) is 0. The van der Waals surface area contributed by atoms with E-state index in [0.29, 0.717) is 32.5 Å². The first-order chi connectivity index (χ1) is 11.6. The van der Waals surface area contributed by atoms with Crippen molar-refractivity contribution in [3.63, 3.8) is 0 Å². The molecule has 3 aliphatic rings. The Balaban J connectivity index is 1.61. The summed E-state index contributed by atoms with van der Waals surface area (Å²) >= 11 is 0. The monoisotopic (exact) mass is 337 g/mol. The summed E-state index contributed by atoms with van der Waals surface area (Å²) in [5.41, 5.74) is -0.759. The number of hydrogen-bond acceptors (Lipinski definition) is 4. The van der Waals surface area contributed by atoms with Crippen molar-refractivity contribution >= 4 is 17.8 Å². The molecule has 2 heterocycles. The molecule has 1 saturated carbocycles. The fourth-order valence-corrected chi connectivity index (χ4v) is 4.09. The lowest BCUT2D eigenvalue weighted by Gasteiger charge is -2.33. The minimum absolute atomic E-state index is 0.0560. The number of carbonyl (C=O) groups is 3. The molecular weight excluding hydrogens is 310 g/mol. The summed E-state index contributed by atoms with van der Waals surface area (Å²) in [6.45, 7) is 3.61. The first-order valence-corrected chi connectivity index (χ1v) is 9.09. The van der Waals surface area contributed by atoms with Gasteiger partial charge in [-0.05, 0) is 32.6 Å². The summed E-state index contributed by atoms with van der Waals surface area (Å²) in [6.07, 6.45) is 6.23. The summed E-state index contributed by atoms with van der Waals surface area (Å²) in [6, 6.07) is -0.423. The summed E-state index contributed by atoms with van der Waals surface area (Å²) in [5.74, 6) is -0.394. The van der Waals surface area contributed by atoms with Crippen molar-refractivity contribution in [2.45, 2.75) is 63.5 Å². The molecule has 7 heteroatoms.